The maximum absolute atomic E-state index is 13.9. The molecule has 0 aliphatic heterocycles. The zero-order valence-corrected chi connectivity index (χ0v) is 11.9. The van der Waals surface area contributed by atoms with Crippen LogP contribution >= 0.6 is 0 Å². The lowest BCUT2D eigenvalue weighted by molar-refractivity contribution is -0.0277. The number of benzene rings is 1. The summed E-state index contributed by atoms with van der Waals surface area (Å²) in [5.41, 5.74) is -1.49. The fourth-order valence-electron chi connectivity index (χ4n) is 3.36. The van der Waals surface area contributed by atoms with Crippen LogP contribution in [0.3, 0.4) is 0 Å². The van der Waals surface area contributed by atoms with Crippen LogP contribution < -0.4 is 0 Å². The van der Waals surface area contributed by atoms with E-state index < -0.39 is 23.1 Å². The van der Waals surface area contributed by atoms with Gasteiger partial charge < -0.3 is 5.11 Å². The van der Waals surface area contributed by atoms with Crippen LogP contribution in [0.4, 0.5) is 13.2 Å². The van der Waals surface area contributed by atoms with Gasteiger partial charge in [0.2, 0.25) is 0 Å². The minimum atomic E-state index is -1.50. The lowest BCUT2D eigenvalue weighted by Crippen LogP contribution is -2.34. The molecule has 0 bridgehead atoms. The van der Waals surface area contributed by atoms with Gasteiger partial charge in [-0.05, 0) is 43.6 Å². The van der Waals surface area contributed by atoms with E-state index in [9.17, 15) is 18.3 Å². The summed E-state index contributed by atoms with van der Waals surface area (Å²) in [6.07, 6.45) is 3.52. The van der Waals surface area contributed by atoms with Crippen LogP contribution in [0.15, 0.2) is 12.1 Å². The molecule has 2 unspecified atom stereocenters. The predicted molar refractivity (Wildman–Crippen MR) is 71.6 cm³/mol. The topological polar surface area (TPSA) is 20.2 Å². The molecule has 1 aliphatic carbocycles. The van der Waals surface area contributed by atoms with Gasteiger partial charge in [-0.15, -0.1) is 0 Å². The Morgan fingerprint density at radius 2 is 1.95 bits per heavy atom. The minimum absolute atomic E-state index is 0.107. The fraction of sp³-hybridized carbons (Fsp3) is 0.625. The smallest absolute Gasteiger partial charge is 0.194 e. The van der Waals surface area contributed by atoms with Gasteiger partial charge in [-0.2, -0.15) is 0 Å². The van der Waals surface area contributed by atoms with Crippen LogP contribution in [-0.2, 0) is 5.60 Å². The second-order valence-electron chi connectivity index (χ2n) is 6.35. The average Bonchev–Trinajstić information content (AvgIpc) is 2.35. The summed E-state index contributed by atoms with van der Waals surface area (Å²) in [6.45, 7) is 4.21. The molecule has 0 amide bonds. The van der Waals surface area contributed by atoms with E-state index in [1.807, 2.05) is 0 Å². The summed E-state index contributed by atoms with van der Waals surface area (Å²) in [5, 5.41) is 10.7. The summed E-state index contributed by atoms with van der Waals surface area (Å²) in [4.78, 5) is 0. The third-order valence-electron chi connectivity index (χ3n) is 4.17. The number of halogens is 3. The van der Waals surface area contributed by atoms with Crippen molar-refractivity contribution in [3.05, 3.63) is 35.1 Å². The molecular formula is C16H21F3O. The van der Waals surface area contributed by atoms with E-state index in [0.717, 1.165) is 25.3 Å². The molecule has 0 spiro atoms. The molecule has 1 nitrogen and oxygen atoms in total. The number of aliphatic hydroxyl groups is 1. The van der Waals surface area contributed by atoms with Gasteiger partial charge in [-0.1, -0.05) is 26.3 Å². The molecule has 4 heteroatoms. The Bertz CT molecular complexity index is 487. The molecule has 1 saturated carbocycles. The van der Waals surface area contributed by atoms with E-state index in [1.165, 1.54) is 6.07 Å². The molecule has 112 valence electrons. The van der Waals surface area contributed by atoms with Crippen molar-refractivity contribution in [3.8, 4) is 0 Å². The molecule has 0 saturated heterocycles. The molecule has 1 aromatic rings. The van der Waals surface area contributed by atoms with Crippen LogP contribution in [0.5, 0.6) is 0 Å². The molecule has 2 atom stereocenters. The highest BCUT2D eigenvalue weighted by molar-refractivity contribution is 5.27. The van der Waals surface area contributed by atoms with Crippen LogP contribution in [0.1, 0.15) is 51.5 Å². The van der Waals surface area contributed by atoms with Gasteiger partial charge in [0.15, 0.2) is 17.5 Å². The zero-order valence-electron chi connectivity index (χ0n) is 11.9. The maximum Gasteiger partial charge on any atom is 0.194 e. The highest BCUT2D eigenvalue weighted by atomic mass is 19.2. The van der Waals surface area contributed by atoms with E-state index >= 15 is 0 Å². The molecule has 0 aromatic heterocycles. The maximum atomic E-state index is 13.9. The van der Waals surface area contributed by atoms with Crippen molar-refractivity contribution in [1.29, 1.82) is 0 Å². The lowest BCUT2D eigenvalue weighted by Gasteiger charge is -2.38. The van der Waals surface area contributed by atoms with Crippen molar-refractivity contribution in [3.63, 3.8) is 0 Å². The summed E-state index contributed by atoms with van der Waals surface area (Å²) in [7, 11) is 0. The van der Waals surface area contributed by atoms with E-state index in [2.05, 4.69) is 13.8 Å². The summed E-state index contributed by atoms with van der Waals surface area (Å²) >= 11 is 0. The first kappa shape index (κ1) is 15.4. The van der Waals surface area contributed by atoms with Crippen molar-refractivity contribution in [2.24, 2.45) is 11.8 Å². The molecule has 0 heterocycles. The van der Waals surface area contributed by atoms with Crippen molar-refractivity contribution >= 4 is 0 Å². The molecule has 2 rings (SSSR count). The van der Waals surface area contributed by atoms with E-state index in [1.54, 1.807) is 0 Å². The molecule has 1 fully saturated rings. The second kappa shape index (κ2) is 5.76. The molecular weight excluding hydrogens is 265 g/mol. The lowest BCUT2D eigenvalue weighted by atomic mass is 9.72. The normalized spacial score (nSPS) is 27.1. The Morgan fingerprint density at radius 1 is 1.25 bits per heavy atom. The van der Waals surface area contributed by atoms with Gasteiger partial charge in [-0.3, -0.25) is 0 Å². The van der Waals surface area contributed by atoms with Crippen LogP contribution in [0, 0.1) is 29.3 Å². The summed E-state index contributed by atoms with van der Waals surface area (Å²) in [6, 6.07) is 2.06. The third kappa shape index (κ3) is 3.00. The van der Waals surface area contributed by atoms with Gasteiger partial charge in [0.1, 0.15) is 0 Å². The SMILES string of the molecule is CC(C)CC1CCCC(O)(c2ccc(F)c(F)c2F)C1. The average molecular weight is 286 g/mol. The quantitative estimate of drug-likeness (QED) is 0.809. The Labute approximate surface area is 117 Å². The standard InChI is InChI=1S/C16H21F3O/c1-10(2)8-11-4-3-7-16(20,9-11)12-5-6-13(17)15(19)14(12)18/h5-6,10-11,20H,3-4,7-9H2,1-2H3. The molecule has 1 N–H and O–H groups in total. The molecule has 20 heavy (non-hydrogen) atoms. The first-order valence-corrected chi connectivity index (χ1v) is 7.20. The van der Waals surface area contributed by atoms with Gasteiger partial charge in [-0.25, -0.2) is 13.2 Å². The van der Waals surface area contributed by atoms with Crippen molar-refractivity contribution in [2.45, 2.75) is 51.6 Å². The van der Waals surface area contributed by atoms with Crippen LogP contribution in [0.2, 0.25) is 0 Å². The first-order valence-electron chi connectivity index (χ1n) is 7.20. The molecule has 1 aliphatic rings. The third-order valence-corrected chi connectivity index (χ3v) is 4.17. The highest BCUT2D eigenvalue weighted by Gasteiger charge is 2.39. The van der Waals surface area contributed by atoms with Crippen LogP contribution in [-0.4, -0.2) is 5.11 Å². The molecule has 1 aromatic carbocycles. The monoisotopic (exact) mass is 286 g/mol. The Balaban J connectivity index is 2.28. The van der Waals surface area contributed by atoms with Crippen molar-refractivity contribution in [1.82, 2.24) is 0 Å². The number of rotatable bonds is 3. The minimum Gasteiger partial charge on any atom is -0.385 e. The van der Waals surface area contributed by atoms with Gasteiger partial charge >= 0.3 is 0 Å². The van der Waals surface area contributed by atoms with Gasteiger partial charge in [0.25, 0.3) is 0 Å². The largest absolute Gasteiger partial charge is 0.385 e. The summed E-state index contributed by atoms with van der Waals surface area (Å²) in [5.74, 6) is -3.18. The van der Waals surface area contributed by atoms with E-state index in [4.69, 9.17) is 0 Å². The Hall–Kier alpha value is -1.03. The number of hydrogen-bond donors (Lipinski definition) is 1. The Morgan fingerprint density at radius 3 is 2.60 bits per heavy atom. The Kier molecular flexibility index (Phi) is 4.43. The summed E-state index contributed by atoms with van der Waals surface area (Å²) < 4.78 is 40.3. The second-order valence-corrected chi connectivity index (χ2v) is 6.35. The fourth-order valence-corrected chi connectivity index (χ4v) is 3.36. The van der Waals surface area contributed by atoms with Gasteiger partial charge in [0.05, 0.1) is 5.60 Å². The van der Waals surface area contributed by atoms with Crippen molar-refractivity contribution < 1.29 is 18.3 Å². The number of hydrogen-bond acceptors (Lipinski definition) is 1. The molecule has 0 radical (unpaired) electrons. The highest BCUT2D eigenvalue weighted by Crippen LogP contribution is 2.43. The van der Waals surface area contributed by atoms with Gasteiger partial charge in [0, 0.05) is 5.56 Å². The van der Waals surface area contributed by atoms with E-state index in [0.29, 0.717) is 24.7 Å². The van der Waals surface area contributed by atoms with E-state index in [-0.39, 0.29) is 5.56 Å². The first-order chi connectivity index (χ1) is 9.33. The van der Waals surface area contributed by atoms with Crippen LogP contribution in [0.25, 0.3) is 0 Å². The van der Waals surface area contributed by atoms with Crippen molar-refractivity contribution in [2.75, 3.05) is 0 Å². The predicted octanol–water partition coefficient (Wildman–Crippen LogP) is 4.53. The zero-order chi connectivity index (χ0) is 14.9.